The summed E-state index contributed by atoms with van der Waals surface area (Å²) in [5.41, 5.74) is 4.96. The van der Waals surface area contributed by atoms with E-state index in [0.717, 1.165) is 32.8 Å². The Bertz CT molecular complexity index is 327. The lowest BCUT2D eigenvalue weighted by molar-refractivity contribution is -0.136. The maximum Gasteiger partial charge on any atom is 0.242 e. The van der Waals surface area contributed by atoms with E-state index in [2.05, 4.69) is 11.0 Å². The van der Waals surface area contributed by atoms with Crippen LogP contribution in [0.2, 0.25) is 0 Å². The Balaban J connectivity index is 2.49. The van der Waals surface area contributed by atoms with Crippen molar-refractivity contribution in [2.75, 3.05) is 45.9 Å². The molecule has 1 aliphatic heterocycles. The average Bonchev–Trinajstić information content (AvgIpc) is 2.38. The maximum atomic E-state index is 12.2. The first-order chi connectivity index (χ1) is 8.95. The number of carbonyl (C=O) groups is 1. The summed E-state index contributed by atoms with van der Waals surface area (Å²) in [4.78, 5) is 16.1. The smallest absolute Gasteiger partial charge is 0.242 e. The number of hydrogen-bond acceptors (Lipinski definition) is 5. The van der Waals surface area contributed by atoms with Crippen molar-refractivity contribution in [2.24, 2.45) is 5.73 Å². The molecule has 1 aliphatic rings. The van der Waals surface area contributed by atoms with E-state index in [1.54, 1.807) is 18.7 Å². The molecule has 1 fully saturated rings. The standard InChI is InChI=1S/C13H24N4O2/c1-13(2,15)12(18)17(5-3-4-14)7-6-16-8-10-19-11-9-16/h3,5-11,15H2,1-2H3. The number of nitrogens with zero attached hydrogens (tertiary/aromatic N) is 3. The van der Waals surface area contributed by atoms with Crippen LogP contribution < -0.4 is 5.73 Å². The van der Waals surface area contributed by atoms with Crippen molar-refractivity contribution < 1.29 is 9.53 Å². The van der Waals surface area contributed by atoms with E-state index in [1.165, 1.54) is 0 Å². The van der Waals surface area contributed by atoms with Gasteiger partial charge in [-0.1, -0.05) is 0 Å². The normalized spacial score (nSPS) is 16.9. The van der Waals surface area contributed by atoms with Crippen LogP contribution in [0.15, 0.2) is 0 Å². The van der Waals surface area contributed by atoms with Gasteiger partial charge in [-0.25, -0.2) is 0 Å². The Labute approximate surface area is 115 Å². The van der Waals surface area contributed by atoms with Gasteiger partial charge < -0.3 is 15.4 Å². The molecule has 0 radical (unpaired) electrons. The molecule has 108 valence electrons. The zero-order chi connectivity index (χ0) is 14.3. The summed E-state index contributed by atoms with van der Waals surface area (Å²) in [7, 11) is 0. The van der Waals surface area contributed by atoms with Gasteiger partial charge in [-0.3, -0.25) is 9.69 Å². The molecule has 1 saturated heterocycles. The lowest BCUT2D eigenvalue weighted by Crippen LogP contribution is -2.53. The van der Waals surface area contributed by atoms with Crippen LogP contribution in [-0.2, 0) is 9.53 Å². The van der Waals surface area contributed by atoms with Gasteiger partial charge in [-0.05, 0) is 13.8 Å². The Morgan fingerprint density at radius 3 is 2.58 bits per heavy atom. The molecule has 1 rings (SSSR count). The Kier molecular flexibility index (Phi) is 6.22. The van der Waals surface area contributed by atoms with Gasteiger partial charge in [0.2, 0.25) is 5.91 Å². The molecule has 0 aliphatic carbocycles. The van der Waals surface area contributed by atoms with Crippen molar-refractivity contribution in [3.05, 3.63) is 0 Å². The van der Waals surface area contributed by atoms with Gasteiger partial charge in [0.05, 0.1) is 31.2 Å². The van der Waals surface area contributed by atoms with Crippen molar-refractivity contribution in [2.45, 2.75) is 25.8 Å². The zero-order valence-corrected chi connectivity index (χ0v) is 11.9. The largest absolute Gasteiger partial charge is 0.379 e. The number of nitriles is 1. The SMILES string of the molecule is CC(C)(N)C(=O)N(CCC#N)CCN1CCOCC1. The molecule has 0 aromatic carbocycles. The molecule has 2 N–H and O–H groups in total. The molecule has 19 heavy (non-hydrogen) atoms. The highest BCUT2D eigenvalue weighted by Gasteiger charge is 2.27. The highest BCUT2D eigenvalue weighted by atomic mass is 16.5. The maximum absolute atomic E-state index is 12.2. The third-order valence-corrected chi connectivity index (χ3v) is 3.12. The van der Waals surface area contributed by atoms with E-state index in [1.807, 2.05) is 0 Å². The predicted octanol–water partition coefficient (Wildman–Crippen LogP) is -0.202. The molecule has 0 spiro atoms. The molecule has 1 heterocycles. The minimum absolute atomic E-state index is 0.101. The Morgan fingerprint density at radius 2 is 2.05 bits per heavy atom. The average molecular weight is 268 g/mol. The van der Waals surface area contributed by atoms with Gasteiger partial charge in [-0.2, -0.15) is 5.26 Å². The number of rotatable bonds is 6. The summed E-state index contributed by atoms with van der Waals surface area (Å²) in [6.45, 7) is 8.53. The predicted molar refractivity (Wildman–Crippen MR) is 72.3 cm³/mol. The first kappa shape index (κ1) is 15.9. The highest BCUT2D eigenvalue weighted by molar-refractivity contribution is 5.85. The van der Waals surface area contributed by atoms with Gasteiger partial charge >= 0.3 is 0 Å². The molecule has 6 nitrogen and oxygen atoms in total. The summed E-state index contributed by atoms with van der Waals surface area (Å²) >= 11 is 0. The van der Waals surface area contributed by atoms with Crippen molar-refractivity contribution in [1.82, 2.24) is 9.80 Å². The number of morpholine rings is 1. The number of hydrogen-bond donors (Lipinski definition) is 1. The van der Waals surface area contributed by atoms with Crippen molar-refractivity contribution >= 4 is 5.91 Å². The van der Waals surface area contributed by atoms with Crippen molar-refractivity contribution in [3.63, 3.8) is 0 Å². The lowest BCUT2D eigenvalue weighted by atomic mass is 10.1. The van der Waals surface area contributed by atoms with Crippen LogP contribution in [0.5, 0.6) is 0 Å². The van der Waals surface area contributed by atoms with E-state index in [0.29, 0.717) is 19.5 Å². The van der Waals surface area contributed by atoms with Crippen LogP contribution in [-0.4, -0.2) is 67.2 Å². The minimum Gasteiger partial charge on any atom is -0.379 e. The van der Waals surface area contributed by atoms with E-state index in [4.69, 9.17) is 15.7 Å². The third kappa shape index (κ3) is 5.55. The molecule has 1 amide bonds. The van der Waals surface area contributed by atoms with Crippen LogP contribution in [0.4, 0.5) is 0 Å². The molecule has 0 bridgehead atoms. The van der Waals surface area contributed by atoms with Gasteiger partial charge in [-0.15, -0.1) is 0 Å². The van der Waals surface area contributed by atoms with Crippen molar-refractivity contribution in [1.29, 1.82) is 5.26 Å². The summed E-state index contributed by atoms with van der Waals surface area (Å²) in [5.74, 6) is -0.101. The van der Waals surface area contributed by atoms with Crippen LogP contribution in [0.1, 0.15) is 20.3 Å². The number of ether oxygens (including phenoxy) is 1. The zero-order valence-electron chi connectivity index (χ0n) is 11.9. The first-order valence-electron chi connectivity index (χ1n) is 6.70. The van der Waals surface area contributed by atoms with Gasteiger partial charge in [0, 0.05) is 32.7 Å². The van der Waals surface area contributed by atoms with Gasteiger partial charge in [0.25, 0.3) is 0 Å². The second-order valence-electron chi connectivity index (χ2n) is 5.38. The van der Waals surface area contributed by atoms with Gasteiger partial charge in [0.1, 0.15) is 0 Å². The molecular formula is C13H24N4O2. The summed E-state index contributed by atoms with van der Waals surface area (Å²) in [6, 6.07) is 2.07. The molecular weight excluding hydrogens is 244 g/mol. The molecule has 6 heteroatoms. The number of carbonyl (C=O) groups excluding carboxylic acids is 1. The quantitative estimate of drug-likeness (QED) is 0.721. The van der Waals surface area contributed by atoms with E-state index >= 15 is 0 Å². The number of nitrogens with two attached hydrogens (primary N) is 1. The highest BCUT2D eigenvalue weighted by Crippen LogP contribution is 2.06. The fourth-order valence-corrected chi connectivity index (χ4v) is 1.99. The summed E-state index contributed by atoms with van der Waals surface area (Å²) in [6.07, 6.45) is 0.338. The first-order valence-corrected chi connectivity index (χ1v) is 6.70. The Hall–Kier alpha value is -1.16. The van der Waals surface area contributed by atoms with Gasteiger partial charge in [0.15, 0.2) is 0 Å². The summed E-state index contributed by atoms with van der Waals surface area (Å²) in [5, 5.41) is 8.67. The molecule has 0 aromatic rings. The van der Waals surface area contributed by atoms with E-state index < -0.39 is 5.54 Å². The summed E-state index contributed by atoms with van der Waals surface area (Å²) < 4.78 is 5.29. The Morgan fingerprint density at radius 1 is 1.42 bits per heavy atom. The van der Waals surface area contributed by atoms with Crippen LogP contribution in [0.25, 0.3) is 0 Å². The van der Waals surface area contributed by atoms with Crippen LogP contribution in [0, 0.1) is 11.3 Å². The van der Waals surface area contributed by atoms with E-state index in [9.17, 15) is 4.79 Å². The monoisotopic (exact) mass is 268 g/mol. The fourth-order valence-electron chi connectivity index (χ4n) is 1.99. The second kappa shape index (κ2) is 7.43. The molecule has 0 atom stereocenters. The third-order valence-electron chi connectivity index (χ3n) is 3.12. The molecule has 0 aromatic heterocycles. The molecule has 0 unspecified atom stereocenters. The topological polar surface area (TPSA) is 82.6 Å². The minimum atomic E-state index is -0.888. The second-order valence-corrected chi connectivity index (χ2v) is 5.38. The molecule has 0 saturated carbocycles. The lowest BCUT2D eigenvalue weighted by Gasteiger charge is -2.32. The van der Waals surface area contributed by atoms with Crippen LogP contribution in [0.3, 0.4) is 0 Å². The van der Waals surface area contributed by atoms with E-state index in [-0.39, 0.29) is 5.91 Å². The fraction of sp³-hybridized carbons (Fsp3) is 0.846. The van der Waals surface area contributed by atoms with Crippen LogP contribution >= 0.6 is 0 Å². The number of amides is 1. The van der Waals surface area contributed by atoms with Crippen molar-refractivity contribution in [3.8, 4) is 6.07 Å².